The Morgan fingerprint density at radius 1 is 1.09 bits per heavy atom. The van der Waals surface area contributed by atoms with E-state index in [4.69, 9.17) is 23.2 Å². The Balaban J connectivity index is 2.10. The van der Waals surface area contributed by atoms with Crippen LogP contribution in [0.25, 0.3) is 11.8 Å². The van der Waals surface area contributed by atoms with Crippen molar-refractivity contribution in [3.05, 3.63) is 88.4 Å². The summed E-state index contributed by atoms with van der Waals surface area (Å²) >= 11 is 12.1. The molecule has 1 aromatic heterocycles. The average molecular weight is 343 g/mol. The van der Waals surface area contributed by atoms with Crippen LogP contribution in [0.3, 0.4) is 0 Å². The highest BCUT2D eigenvalue weighted by Gasteiger charge is 2.17. The molecule has 0 aliphatic rings. The van der Waals surface area contributed by atoms with Crippen LogP contribution < -0.4 is 0 Å². The monoisotopic (exact) mass is 342 g/mol. The quantitative estimate of drug-likeness (QED) is 0.490. The second kappa shape index (κ2) is 6.82. The summed E-state index contributed by atoms with van der Waals surface area (Å²) in [5.41, 5.74) is 1.73. The van der Waals surface area contributed by atoms with Crippen molar-refractivity contribution in [2.24, 2.45) is 0 Å². The van der Waals surface area contributed by atoms with Crippen LogP contribution in [0.1, 0.15) is 15.9 Å². The Kier molecular flexibility index (Phi) is 4.60. The van der Waals surface area contributed by atoms with Crippen LogP contribution >= 0.6 is 23.2 Å². The molecule has 1 heterocycles. The Labute approximate surface area is 143 Å². The first-order valence-corrected chi connectivity index (χ1v) is 7.65. The maximum atomic E-state index is 13.0. The maximum Gasteiger partial charge on any atom is 0.196 e. The zero-order valence-corrected chi connectivity index (χ0v) is 13.5. The Hall–Kier alpha value is -2.36. The number of ketones is 1. The largest absolute Gasteiger partial charge is 0.312 e. The molecule has 114 valence electrons. The standard InChI is InChI=1S/C18H12Cl2N2O/c19-14-6-7-15(17(20)10-14)18(23)16(11-22-9-8-21-12-22)13-4-2-1-3-5-13/h1-12H. The van der Waals surface area contributed by atoms with E-state index in [1.54, 1.807) is 47.7 Å². The fourth-order valence-electron chi connectivity index (χ4n) is 2.20. The minimum absolute atomic E-state index is 0.174. The third kappa shape index (κ3) is 3.52. The van der Waals surface area contributed by atoms with Gasteiger partial charge in [-0.2, -0.15) is 0 Å². The van der Waals surface area contributed by atoms with Gasteiger partial charge in [-0.15, -0.1) is 0 Å². The van der Waals surface area contributed by atoms with Gasteiger partial charge < -0.3 is 4.57 Å². The summed E-state index contributed by atoms with van der Waals surface area (Å²) in [6, 6.07) is 14.3. The number of carbonyl (C=O) groups is 1. The maximum absolute atomic E-state index is 13.0. The fourth-order valence-corrected chi connectivity index (χ4v) is 2.69. The van der Waals surface area contributed by atoms with E-state index in [1.807, 2.05) is 30.3 Å². The smallest absolute Gasteiger partial charge is 0.196 e. The van der Waals surface area contributed by atoms with Gasteiger partial charge in [0.25, 0.3) is 0 Å². The number of allylic oxidation sites excluding steroid dienone is 1. The zero-order chi connectivity index (χ0) is 16.2. The summed E-state index contributed by atoms with van der Waals surface area (Å²) in [7, 11) is 0. The number of hydrogen-bond donors (Lipinski definition) is 0. The number of hydrogen-bond acceptors (Lipinski definition) is 2. The summed E-state index contributed by atoms with van der Waals surface area (Å²) in [4.78, 5) is 17.0. The van der Waals surface area contributed by atoms with Gasteiger partial charge in [-0.1, -0.05) is 53.5 Å². The first-order valence-electron chi connectivity index (χ1n) is 6.89. The van der Waals surface area contributed by atoms with E-state index in [-0.39, 0.29) is 5.78 Å². The van der Waals surface area contributed by atoms with Gasteiger partial charge in [0.1, 0.15) is 0 Å². The van der Waals surface area contributed by atoms with Crippen LogP contribution in [0, 0.1) is 0 Å². The van der Waals surface area contributed by atoms with E-state index in [0.29, 0.717) is 21.2 Å². The van der Waals surface area contributed by atoms with Crippen molar-refractivity contribution in [1.82, 2.24) is 9.55 Å². The minimum Gasteiger partial charge on any atom is -0.312 e. The highest BCUT2D eigenvalue weighted by atomic mass is 35.5. The van der Waals surface area contributed by atoms with Crippen molar-refractivity contribution in [2.75, 3.05) is 0 Å². The number of benzene rings is 2. The second-order valence-corrected chi connectivity index (χ2v) is 5.72. The molecule has 0 N–H and O–H groups in total. The molecular formula is C18H12Cl2N2O. The molecular weight excluding hydrogens is 331 g/mol. The van der Waals surface area contributed by atoms with Gasteiger partial charge in [-0.05, 0) is 23.8 Å². The molecule has 5 heteroatoms. The number of imidazole rings is 1. The lowest BCUT2D eigenvalue weighted by Gasteiger charge is -2.09. The van der Waals surface area contributed by atoms with Gasteiger partial charge in [0.15, 0.2) is 5.78 Å². The van der Waals surface area contributed by atoms with Crippen molar-refractivity contribution in [1.29, 1.82) is 0 Å². The Morgan fingerprint density at radius 3 is 2.52 bits per heavy atom. The molecule has 23 heavy (non-hydrogen) atoms. The highest BCUT2D eigenvalue weighted by molar-refractivity contribution is 6.41. The predicted octanol–water partition coefficient (Wildman–Crippen LogP) is 5.07. The summed E-state index contributed by atoms with van der Waals surface area (Å²) in [5, 5.41) is 0.821. The zero-order valence-electron chi connectivity index (χ0n) is 12.0. The first-order chi connectivity index (χ1) is 11.1. The van der Waals surface area contributed by atoms with Crippen LogP contribution in [0.4, 0.5) is 0 Å². The van der Waals surface area contributed by atoms with E-state index in [0.717, 1.165) is 5.56 Å². The van der Waals surface area contributed by atoms with Crippen LogP contribution in [0.5, 0.6) is 0 Å². The molecule has 0 spiro atoms. The minimum atomic E-state index is -0.174. The molecule has 3 rings (SSSR count). The topological polar surface area (TPSA) is 34.9 Å². The molecule has 0 bridgehead atoms. The number of carbonyl (C=O) groups excluding carboxylic acids is 1. The van der Waals surface area contributed by atoms with E-state index in [9.17, 15) is 4.79 Å². The van der Waals surface area contributed by atoms with Crippen molar-refractivity contribution < 1.29 is 4.79 Å². The van der Waals surface area contributed by atoms with Gasteiger partial charge in [0, 0.05) is 34.8 Å². The number of nitrogens with zero attached hydrogens (tertiary/aromatic N) is 2. The third-order valence-corrected chi connectivity index (χ3v) is 3.86. The molecule has 0 fully saturated rings. The van der Waals surface area contributed by atoms with E-state index in [1.165, 1.54) is 0 Å². The molecule has 0 aliphatic carbocycles. The predicted molar refractivity (Wildman–Crippen MR) is 93.6 cm³/mol. The van der Waals surface area contributed by atoms with Gasteiger partial charge in [0.2, 0.25) is 0 Å². The number of rotatable bonds is 4. The molecule has 3 nitrogen and oxygen atoms in total. The molecule has 0 amide bonds. The molecule has 0 saturated carbocycles. The van der Waals surface area contributed by atoms with Crippen molar-refractivity contribution in [3.63, 3.8) is 0 Å². The summed E-state index contributed by atoms with van der Waals surface area (Å²) in [6.45, 7) is 0. The van der Waals surface area contributed by atoms with Crippen molar-refractivity contribution in [2.45, 2.75) is 0 Å². The van der Waals surface area contributed by atoms with E-state index >= 15 is 0 Å². The second-order valence-electron chi connectivity index (χ2n) is 4.87. The number of aromatic nitrogens is 2. The van der Waals surface area contributed by atoms with Crippen LogP contribution in [0.15, 0.2) is 67.3 Å². The van der Waals surface area contributed by atoms with Crippen LogP contribution in [-0.2, 0) is 0 Å². The van der Waals surface area contributed by atoms with Crippen molar-refractivity contribution in [3.8, 4) is 0 Å². The highest BCUT2D eigenvalue weighted by Crippen LogP contribution is 2.27. The van der Waals surface area contributed by atoms with Gasteiger partial charge in [-0.25, -0.2) is 4.98 Å². The molecule has 0 unspecified atom stereocenters. The fraction of sp³-hybridized carbons (Fsp3) is 0. The normalized spacial score (nSPS) is 11.5. The van der Waals surface area contributed by atoms with E-state index in [2.05, 4.69) is 4.98 Å². The SMILES string of the molecule is O=C(C(=Cn1ccnc1)c1ccccc1)c1ccc(Cl)cc1Cl. The van der Waals surface area contributed by atoms with Crippen LogP contribution in [0.2, 0.25) is 10.0 Å². The van der Waals surface area contributed by atoms with Crippen molar-refractivity contribution >= 4 is 40.8 Å². The molecule has 0 atom stereocenters. The summed E-state index contributed by atoms with van der Waals surface area (Å²) < 4.78 is 1.73. The van der Waals surface area contributed by atoms with Crippen LogP contribution in [-0.4, -0.2) is 15.3 Å². The number of halogens is 2. The van der Waals surface area contributed by atoms with E-state index < -0.39 is 0 Å². The molecule has 0 radical (unpaired) electrons. The molecule has 0 saturated heterocycles. The average Bonchev–Trinajstić information content (AvgIpc) is 3.06. The molecule has 3 aromatic rings. The third-order valence-electron chi connectivity index (χ3n) is 3.31. The lowest BCUT2D eigenvalue weighted by molar-refractivity contribution is 0.105. The van der Waals surface area contributed by atoms with Gasteiger partial charge >= 0.3 is 0 Å². The Bertz CT molecular complexity index is 856. The number of Topliss-reactive ketones (excluding diaryl/α,β-unsaturated/α-hetero) is 1. The lowest BCUT2D eigenvalue weighted by atomic mass is 9.97. The van der Waals surface area contributed by atoms with Gasteiger partial charge in [-0.3, -0.25) is 4.79 Å². The first kappa shape index (κ1) is 15.5. The summed E-state index contributed by atoms with van der Waals surface area (Å²) in [6.07, 6.45) is 6.77. The summed E-state index contributed by atoms with van der Waals surface area (Å²) in [5.74, 6) is -0.174. The van der Waals surface area contributed by atoms with Gasteiger partial charge in [0.05, 0.1) is 11.3 Å². The molecule has 2 aromatic carbocycles. The Morgan fingerprint density at radius 2 is 1.87 bits per heavy atom. The lowest BCUT2D eigenvalue weighted by Crippen LogP contribution is -2.05. The molecule has 0 aliphatic heterocycles.